The minimum Gasteiger partial charge on any atom is -0.399 e. The minimum absolute atomic E-state index is 0.138. The smallest absolute Gasteiger partial charge is 0.399 e. The molecule has 2 N–H and O–H groups in total. The van der Waals surface area contributed by atoms with Gasteiger partial charge in [-0.3, -0.25) is 0 Å². The van der Waals surface area contributed by atoms with E-state index in [2.05, 4.69) is 0 Å². The number of anilines is 1. The number of thioether (sulfide) groups is 1. The van der Waals surface area contributed by atoms with E-state index in [9.17, 15) is 13.2 Å². The molecule has 0 heterocycles. The molecule has 1 aromatic carbocycles. The van der Waals surface area contributed by atoms with Crippen molar-refractivity contribution in [1.29, 1.82) is 0 Å². The van der Waals surface area contributed by atoms with Crippen LogP contribution in [0, 0.1) is 0 Å². The van der Waals surface area contributed by atoms with Crippen LogP contribution in [0.4, 0.5) is 18.9 Å². The number of rotatable bonds is 1. The highest BCUT2D eigenvalue weighted by atomic mass is 32.2. The molecule has 0 aliphatic carbocycles. The van der Waals surface area contributed by atoms with Crippen LogP contribution in [-0.4, -0.2) is 6.26 Å². The first-order valence-electron chi connectivity index (χ1n) is 4.45. The van der Waals surface area contributed by atoms with Crippen LogP contribution in [0.1, 0.15) is 19.4 Å². The molecule has 1 rings (SSSR count). The number of nitrogens with two attached hydrogens (primary N) is 1. The second-order valence-corrected chi connectivity index (χ2v) is 3.37. The molecule has 0 bridgehead atoms. The van der Waals surface area contributed by atoms with Crippen molar-refractivity contribution in [3.63, 3.8) is 0 Å². The molecule has 0 radical (unpaired) electrons. The Morgan fingerprint density at radius 2 is 1.67 bits per heavy atom. The van der Waals surface area contributed by atoms with Gasteiger partial charge in [0.2, 0.25) is 0 Å². The van der Waals surface area contributed by atoms with Crippen LogP contribution in [-0.2, 0) is 6.18 Å². The molecule has 1 aromatic rings. The lowest BCUT2D eigenvalue weighted by Gasteiger charge is -2.08. The third-order valence-electron chi connectivity index (χ3n) is 1.49. The summed E-state index contributed by atoms with van der Waals surface area (Å²) in [5.41, 5.74) is 4.76. The summed E-state index contributed by atoms with van der Waals surface area (Å²) >= 11 is 1.23. The summed E-state index contributed by atoms with van der Waals surface area (Å²) < 4.78 is 36.7. The van der Waals surface area contributed by atoms with Crippen LogP contribution >= 0.6 is 11.8 Å². The molecule has 1 nitrogen and oxygen atoms in total. The van der Waals surface area contributed by atoms with Crippen LogP contribution in [0.2, 0.25) is 0 Å². The second-order valence-electron chi connectivity index (χ2n) is 2.49. The van der Waals surface area contributed by atoms with Gasteiger partial charge in [0.25, 0.3) is 0 Å². The summed E-state index contributed by atoms with van der Waals surface area (Å²) in [5.74, 6) is 0. The Labute approximate surface area is 91.9 Å². The van der Waals surface area contributed by atoms with Gasteiger partial charge in [0, 0.05) is 10.6 Å². The van der Waals surface area contributed by atoms with Crippen molar-refractivity contribution >= 4 is 17.4 Å². The molecule has 0 atom stereocenters. The van der Waals surface area contributed by atoms with E-state index in [1.807, 2.05) is 13.8 Å². The fourth-order valence-corrected chi connectivity index (χ4v) is 1.40. The van der Waals surface area contributed by atoms with E-state index in [0.29, 0.717) is 4.90 Å². The zero-order valence-corrected chi connectivity index (χ0v) is 9.67. The Balaban J connectivity index is 0.000000921. The Morgan fingerprint density at radius 1 is 1.13 bits per heavy atom. The number of alkyl halides is 3. The number of hydrogen-bond acceptors (Lipinski definition) is 2. The Hall–Kier alpha value is -0.840. The lowest BCUT2D eigenvalue weighted by molar-refractivity contribution is -0.137. The van der Waals surface area contributed by atoms with Crippen LogP contribution in [0.15, 0.2) is 23.1 Å². The highest BCUT2D eigenvalue weighted by molar-refractivity contribution is 7.98. The monoisotopic (exact) mass is 237 g/mol. The van der Waals surface area contributed by atoms with Crippen molar-refractivity contribution in [2.45, 2.75) is 24.9 Å². The number of benzene rings is 1. The molecule has 0 amide bonds. The molecule has 0 fully saturated rings. The van der Waals surface area contributed by atoms with E-state index in [1.54, 1.807) is 6.26 Å². The summed E-state index contributed by atoms with van der Waals surface area (Å²) in [7, 11) is 0. The third-order valence-corrected chi connectivity index (χ3v) is 2.20. The van der Waals surface area contributed by atoms with Crippen molar-refractivity contribution in [1.82, 2.24) is 0 Å². The molecule has 0 spiro atoms. The van der Waals surface area contributed by atoms with Gasteiger partial charge in [-0.25, -0.2) is 0 Å². The van der Waals surface area contributed by atoms with Crippen LogP contribution in [0.25, 0.3) is 0 Å². The minimum atomic E-state index is -4.32. The van der Waals surface area contributed by atoms with Crippen molar-refractivity contribution in [2.75, 3.05) is 12.0 Å². The van der Waals surface area contributed by atoms with Gasteiger partial charge in [-0.1, -0.05) is 13.8 Å². The first-order valence-corrected chi connectivity index (χ1v) is 5.67. The lowest BCUT2D eigenvalue weighted by atomic mass is 10.2. The largest absolute Gasteiger partial charge is 0.416 e. The Bertz CT molecular complexity index is 310. The average molecular weight is 237 g/mol. The Kier molecular flexibility index (Phi) is 5.57. The van der Waals surface area contributed by atoms with Gasteiger partial charge >= 0.3 is 6.18 Å². The number of halogens is 3. The normalized spacial score (nSPS) is 10.5. The van der Waals surface area contributed by atoms with Crippen LogP contribution in [0.3, 0.4) is 0 Å². The quantitative estimate of drug-likeness (QED) is 0.589. The van der Waals surface area contributed by atoms with E-state index in [0.717, 1.165) is 12.1 Å². The van der Waals surface area contributed by atoms with Gasteiger partial charge in [-0.05, 0) is 24.5 Å². The SMILES string of the molecule is CC.CSc1cc(N)cc(C(F)(F)F)c1. The molecule has 0 aromatic heterocycles. The first-order chi connectivity index (χ1) is 6.93. The van der Waals surface area contributed by atoms with E-state index in [-0.39, 0.29) is 5.69 Å². The molecule has 0 aliphatic heterocycles. The first kappa shape index (κ1) is 14.2. The van der Waals surface area contributed by atoms with Gasteiger partial charge in [-0.2, -0.15) is 13.2 Å². The standard InChI is InChI=1S/C8H8F3NS.C2H6/c1-13-7-3-5(8(9,10)11)2-6(12)4-7;1-2/h2-4H,12H2,1H3;1-2H3. The third kappa shape index (κ3) is 4.46. The zero-order valence-electron chi connectivity index (χ0n) is 8.85. The molecule has 0 saturated heterocycles. The van der Waals surface area contributed by atoms with Gasteiger partial charge in [0.05, 0.1) is 5.56 Å². The molecular weight excluding hydrogens is 223 g/mol. The summed E-state index contributed by atoms with van der Waals surface area (Å²) in [6.07, 6.45) is -2.62. The highest BCUT2D eigenvalue weighted by Gasteiger charge is 2.30. The highest BCUT2D eigenvalue weighted by Crippen LogP contribution is 2.33. The number of nitrogen functional groups attached to an aromatic ring is 1. The predicted octanol–water partition coefficient (Wildman–Crippen LogP) is 4.04. The van der Waals surface area contributed by atoms with Crippen LogP contribution < -0.4 is 5.73 Å². The van der Waals surface area contributed by atoms with Gasteiger partial charge in [-0.15, -0.1) is 11.8 Å². The van der Waals surface area contributed by atoms with Gasteiger partial charge < -0.3 is 5.73 Å². The zero-order chi connectivity index (χ0) is 12.1. The molecule has 0 aliphatic rings. The summed E-state index contributed by atoms with van der Waals surface area (Å²) in [6.45, 7) is 4.00. The maximum atomic E-state index is 12.2. The van der Waals surface area contributed by atoms with Gasteiger partial charge in [0.15, 0.2) is 0 Å². The van der Waals surface area contributed by atoms with Crippen molar-refractivity contribution < 1.29 is 13.2 Å². The maximum Gasteiger partial charge on any atom is 0.416 e. The summed E-state index contributed by atoms with van der Waals surface area (Å²) in [5, 5.41) is 0. The molecule has 15 heavy (non-hydrogen) atoms. The van der Waals surface area contributed by atoms with Crippen molar-refractivity contribution in [3.05, 3.63) is 23.8 Å². The summed E-state index contributed by atoms with van der Waals surface area (Å²) in [4.78, 5) is 0.521. The van der Waals surface area contributed by atoms with Gasteiger partial charge in [0.1, 0.15) is 0 Å². The fourth-order valence-electron chi connectivity index (χ4n) is 0.904. The topological polar surface area (TPSA) is 26.0 Å². The Morgan fingerprint density at radius 3 is 2.07 bits per heavy atom. The van der Waals surface area contributed by atoms with Crippen LogP contribution in [0.5, 0.6) is 0 Å². The molecule has 0 saturated carbocycles. The molecule has 86 valence electrons. The fraction of sp³-hybridized carbons (Fsp3) is 0.400. The van der Waals surface area contributed by atoms with Crippen molar-refractivity contribution in [2.24, 2.45) is 0 Å². The van der Waals surface area contributed by atoms with E-state index in [1.165, 1.54) is 17.8 Å². The predicted molar refractivity (Wildman–Crippen MR) is 59.0 cm³/mol. The van der Waals surface area contributed by atoms with Crippen molar-refractivity contribution in [3.8, 4) is 0 Å². The van der Waals surface area contributed by atoms with E-state index >= 15 is 0 Å². The summed E-state index contributed by atoms with van der Waals surface area (Å²) in [6, 6.07) is 3.53. The molecular formula is C10H14F3NS. The second kappa shape index (κ2) is 5.90. The maximum absolute atomic E-state index is 12.2. The lowest BCUT2D eigenvalue weighted by Crippen LogP contribution is -2.05. The average Bonchev–Trinajstić information content (AvgIpc) is 2.18. The van der Waals surface area contributed by atoms with E-state index in [4.69, 9.17) is 5.73 Å². The molecule has 0 unspecified atom stereocenters. The molecule has 5 heteroatoms. The van der Waals surface area contributed by atoms with E-state index < -0.39 is 11.7 Å². The number of hydrogen-bond donors (Lipinski definition) is 1.